The first-order chi connectivity index (χ1) is 10.8. The summed E-state index contributed by atoms with van der Waals surface area (Å²) in [7, 11) is 2.10. The molecule has 3 aromatic heterocycles. The third-order valence-electron chi connectivity index (χ3n) is 4.03. The van der Waals surface area contributed by atoms with E-state index in [9.17, 15) is 0 Å². The zero-order chi connectivity index (χ0) is 14.9. The molecular formula is C19H15N3. The Morgan fingerprint density at radius 2 is 1.32 bits per heavy atom. The molecule has 0 atom stereocenters. The zero-order valence-electron chi connectivity index (χ0n) is 12.3. The Kier molecular flexibility index (Phi) is 2.97. The average Bonchev–Trinajstić information content (AvgIpc) is 2.93. The summed E-state index contributed by atoms with van der Waals surface area (Å²) in [5.41, 5.74) is 6.00. The molecule has 0 unspecified atom stereocenters. The van der Waals surface area contributed by atoms with Gasteiger partial charge in [0.25, 0.3) is 0 Å². The van der Waals surface area contributed by atoms with E-state index >= 15 is 0 Å². The summed E-state index contributed by atoms with van der Waals surface area (Å²) in [6.07, 6.45) is 7.31. The Bertz CT molecular complexity index is 925. The van der Waals surface area contributed by atoms with Gasteiger partial charge in [-0.2, -0.15) is 0 Å². The average molecular weight is 285 g/mol. The normalized spacial score (nSPS) is 11.0. The van der Waals surface area contributed by atoms with Crippen LogP contribution in [0.4, 0.5) is 0 Å². The smallest absolute Gasteiger partial charge is 0.0489 e. The van der Waals surface area contributed by atoms with Gasteiger partial charge in [0.1, 0.15) is 0 Å². The van der Waals surface area contributed by atoms with Crippen LogP contribution in [0.25, 0.3) is 33.3 Å². The molecule has 22 heavy (non-hydrogen) atoms. The number of benzene rings is 1. The van der Waals surface area contributed by atoms with Gasteiger partial charge in [0, 0.05) is 54.0 Å². The molecule has 106 valence electrons. The molecule has 4 rings (SSSR count). The fraction of sp³-hybridized carbons (Fsp3) is 0.0526. The maximum atomic E-state index is 4.09. The lowest BCUT2D eigenvalue weighted by Gasteiger charge is -2.04. The van der Waals surface area contributed by atoms with Crippen LogP contribution in [0.5, 0.6) is 0 Å². The number of pyridine rings is 2. The third kappa shape index (κ3) is 2.07. The van der Waals surface area contributed by atoms with E-state index < -0.39 is 0 Å². The van der Waals surface area contributed by atoms with Crippen LogP contribution in [0, 0.1) is 0 Å². The fourth-order valence-corrected chi connectivity index (χ4v) is 2.87. The van der Waals surface area contributed by atoms with E-state index in [1.807, 2.05) is 49.1 Å². The molecule has 4 aromatic rings. The van der Waals surface area contributed by atoms with Crippen molar-refractivity contribution < 1.29 is 0 Å². The van der Waals surface area contributed by atoms with Crippen molar-refractivity contribution in [1.29, 1.82) is 0 Å². The molecule has 0 bridgehead atoms. The van der Waals surface area contributed by atoms with Crippen LogP contribution < -0.4 is 0 Å². The Morgan fingerprint density at radius 1 is 0.682 bits per heavy atom. The maximum Gasteiger partial charge on any atom is 0.0489 e. The SMILES string of the molecule is Cn1c(-c2ccncc2)cc2cc(-c3ccncc3)ccc21. The first-order valence-electron chi connectivity index (χ1n) is 7.23. The lowest BCUT2D eigenvalue weighted by molar-refractivity contribution is 0.977. The van der Waals surface area contributed by atoms with Gasteiger partial charge in [-0.15, -0.1) is 0 Å². The highest BCUT2D eigenvalue weighted by Gasteiger charge is 2.08. The van der Waals surface area contributed by atoms with E-state index in [1.54, 1.807) is 0 Å². The first-order valence-corrected chi connectivity index (χ1v) is 7.23. The molecule has 3 heteroatoms. The van der Waals surface area contributed by atoms with Gasteiger partial charge in [-0.1, -0.05) is 6.07 Å². The van der Waals surface area contributed by atoms with E-state index in [4.69, 9.17) is 0 Å². The largest absolute Gasteiger partial charge is 0.344 e. The quantitative estimate of drug-likeness (QED) is 0.549. The summed E-state index contributed by atoms with van der Waals surface area (Å²) in [5, 5.41) is 1.24. The van der Waals surface area contributed by atoms with E-state index in [1.165, 1.54) is 33.3 Å². The molecule has 0 saturated heterocycles. The van der Waals surface area contributed by atoms with Crippen LogP contribution >= 0.6 is 0 Å². The van der Waals surface area contributed by atoms with E-state index in [0.29, 0.717) is 0 Å². The Hall–Kier alpha value is -2.94. The van der Waals surface area contributed by atoms with Crippen molar-refractivity contribution >= 4 is 10.9 Å². The molecular weight excluding hydrogens is 270 g/mol. The van der Waals surface area contributed by atoms with Gasteiger partial charge >= 0.3 is 0 Å². The molecule has 0 aliphatic heterocycles. The second-order valence-electron chi connectivity index (χ2n) is 5.33. The number of aromatic nitrogens is 3. The Balaban J connectivity index is 1.88. The minimum atomic E-state index is 1.18. The minimum absolute atomic E-state index is 1.18. The van der Waals surface area contributed by atoms with Crippen LogP contribution in [0.3, 0.4) is 0 Å². The van der Waals surface area contributed by atoms with E-state index in [2.05, 4.69) is 45.8 Å². The van der Waals surface area contributed by atoms with Gasteiger partial charge in [-0.05, 0) is 53.6 Å². The van der Waals surface area contributed by atoms with Crippen molar-refractivity contribution in [1.82, 2.24) is 14.5 Å². The van der Waals surface area contributed by atoms with E-state index in [0.717, 1.165) is 0 Å². The van der Waals surface area contributed by atoms with Gasteiger partial charge in [0.2, 0.25) is 0 Å². The van der Waals surface area contributed by atoms with Gasteiger partial charge in [0.05, 0.1) is 0 Å². The summed E-state index contributed by atoms with van der Waals surface area (Å²) in [4.78, 5) is 8.17. The van der Waals surface area contributed by atoms with E-state index in [-0.39, 0.29) is 0 Å². The van der Waals surface area contributed by atoms with Crippen LogP contribution in [0.2, 0.25) is 0 Å². The summed E-state index contributed by atoms with van der Waals surface area (Å²) >= 11 is 0. The molecule has 3 nitrogen and oxygen atoms in total. The van der Waals surface area contributed by atoms with Crippen LogP contribution in [-0.4, -0.2) is 14.5 Å². The third-order valence-corrected chi connectivity index (χ3v) is 4.03. The highest BCUT2D eigenvalue weighted by Crippen LogP contribution is 2.30. The predicted molar refractivity (Wildman–Crippen MR) is 89.4 cm³/mol. The van der Waals surface area contributed by atoms with Crippen LogP contribution in [-0.2, 0) is 7.05 Å². The van der Waals surface area contributed by atoms with Crippen molar-refractivity contribution in [2.45, 2.75) is 0 Å². The Morgan fingerprint density at radius 3 is 2.00 bits per heavy atom. The molecule has 0 radical (unpaired) electrons. The van der Waals surface area contributed by atoms with Gasteiger partial charge in [-0.3, -0.25) is 9.97 Å². The second kappa shape index (κ2) is 5.11. The second-order valence-corrected chi connectivity index (χ2v) is 5.33. The summed E-state index contributed by atoms with van der Waals surface area (Å²) < 4.78 is 2.22. The summed E-state index contributed by atoms with van der Waals surface area (Å²) in [6.45, 7) is 0. The van der Waals surface area contributed by atoms with Crippen molar-refractivity contribution in [2.75, 3.05) is 0 Å². The summed E-state index contributed by atoms with van der Waals surface area (Å²) in [5.74, 6) is 0. The number of hydrogen-bond donors (Lipinski definition) is 0. The molecule has 0 amide bonds. The fourth-order valence-electron chi connectivity index (χ4n) is 2.87. The number of nitrogens with zero attached hydrogens (tertiary/aromatic N) is 3. The maximum absolute atomic E-state index is 4.09. The lowest BCUT2D eigenvalue weighted by Crippen LogP contribution is -1.91. The van der Waals surface area contributed by atoms with Crippen LogP contribution in [0.15, 0.2) is 73.3 Å². The lowest BCUT2D eigenvalue weighted by atomic mass is 10.1. The number of rotatable bonds is 2. The Labute approximate surface area is 128 Å². The standard InChI is InChI=1S/C19H15N3/c1-22-18-3-2-16(14-4-8-20-9-5-14)12-17(18)13-19(22)15-6-10-21-11-7-15/h2-13H,1H3. The number of hydrogen-bond acceptors (Lipinski definition) is 2. The molecule has 0 fully saturated rings. The molecule has 1 aromatic carbocycles. The topological polar surface area (TPSA) is 30.7 Å². The van der Waals surface area contributed by atoms with Gasteiger partial charge < -0.3 is 4.57 Å². The predicted octanol–water partition coefficient (Wildman–Crippen LogP) is 4.30. The monoisotopic (exact) mass is 285 g/mol. The molecule has 0 aliphatic carbocycles. The van der Waals surface area contributed by atoms with Crippen molar-refractivity contribution in [3.8, 4) is 22.4 Å². The highest BCUT2D eigenvalue weighted by atomic mass is 14.9. The first kappa shape index (κ1) is 12.8. The molecule has 0 aliphatic rings. The molecule has 3 heterocycles. The number of aryl methyl sites for hydroxylation is 1. The van der Waals surface area contributed by atoms with Crippen molar-refractivity contribution in [3.05, 3.63) is 73.3 Å². The zero-order valence-corrected chi connectivity index (χ0v) is 12.3. The van der Waals surface area contributed by atoms with Crippen molar-refractivity contribution in [2.24, 2.45) is 7.05 Å². The highest BCUT2D eigenvalue weighted by molar-refractivity contribution is 5.90. The molecule has 0 N–H and O–H groups in total. The van der Waals surface area contributed by atoms with Crippen LogP contribution in [0.1, 0.15) is 0 Å². The summed E-state index contributed by atoms with van der Waals surface area (Å²) in [6, 6.07) is 17.0. The number of fused-ring (bicyclic) bond motifs is 1. The molecule has 0 saturated carbocycles. The van der Waals surface area contributed by atoms with Gasteiger partial charge in [0.15, 0.2) is 0 Å². The minimum Gasteiger partial charge on any atom is -0.344 e. The van der Waals surface area contributed by atoms with Crippen molar-refractivity contribution in [3.63, 3.8) is 0 Å². The molecule has 0 spiro atoms. The van der Waals surface area contributed by atoms with Gasteiger partial charge in [-0.25, -0.2) is 0 Å².